The number of benzene rings is 1. The van der Waals surface area contributed by atoms with Crippen molar-refractivity contribution in [2.75, 3.05) is 0 Å². The number of nitrogens with zero attached hydrogens (tertiary/aromatic N) is 2. The number of imidazole rings is 1. The topological polar surface area (TPSA) is 38.1 Å². The lowest BCUT2D eigenvalue weighted by Crippen LogP contribution is -1.97. The molecule has 1 aromatic carbocycles. The molecule has 0 amide bonds. The van der Waals surface area contributed by atoms with Gasteiger partial charge in [-0.1, -0.05) is 39.8 Å². The number of aliphatic hydroxyl groups excluding tert-OH is 1. The van der Waals surface area contributed by atoms with E-state index in [2.05, 4.69) is 33.9 Å². The number of thioether (sulfide) groups is 1. The lowest BCUT2D eigenvalue weighted by Gasteiger charge is -2.07. The molecule has 5 heteroatoms. The molecule has 0 saturated heterocycles. The normalized spacial score (nSPS) is 10.9. The summed E-state index contributed by atoms with van der Waals surface area (Å²) in [6, 6.07) is 6.22. The van der Waals surface area contributed by atoms with Crippen molar-refractivity contribution in [1.82, 2.24) is 9.55 Å². The summed E-state index contributed by atoms with van der Waals surface area (Å²) in [6.07, 6.45) is 1.72. The molecule has 18 heavy (non-hydrogen) atoms. The molecule has 0 fully saturated rings. The van der Waals surface area contributed by atoms with Gasteiger partial charge in [-0.3, -0.25) is 0 Å². The van der Waals surface area contributed by atoms with Crippen LogP contribution in [0.25, 0.3) is 0 Å². The van der Waals surface area contributed by atoms with Gasteiger partial charge in [0.15, 0.2) is 5.16 Å². The van der Waals surface area contributed by atoms with Crippen molar-refractivity contribution >= 4 is 27.7 Å². The molecule has 0 saturated carbocycles. The minimum Gasteiger partial charge on any atom is -0.390 e. The molecule has 2 aromatic rings. The second-order valence-corrected chi connectivity index (χ2v) is 5.86. The second kappa shape index (κ2) is 5.91. The van der Waals surface area contributed by atoms with Crippen molar-refractivity contribution < 1.29 is 5.11 Å². The minimum absolute atomic E-state index is 0.0278. The number of halogens is 1. The van der Waals surface area contributed by atoms with Crippen LogP contribution < -0.4 is 0 Å². The highest BCUT2D eigenvalue weighted by atomic mass is 79.9. The predicted octanol–water partition coefficient (Wildman–Crippen LogP) is 3.28. The molecule has 0 aliphatic carbocycles. The van der Waals surface area contributed by atoms with Gasteiger partial charge in [0, 0.05) is 17.3 Å². The maximum absolute atomic E-state index is 9.12. The van der Waals surface area contributed by atoms with Crippen LogP contribution in [0.1, 0.15) is 16.8 Å². The number of rotatable bonds is 4. The van der Waals surface area contributed by atoms with E-state index < -0.39 is 0 Å². The average molecular weight is 327 g/mol. The van der Waals surface area contributed by atoms with Gasteiger partial charge in [-0.05, 0) is 24.1 Å². The van der Waals surface area contributed by atoms with Crippen molar-refractivity contribution in [2.24, 2.45) is 7.05 Å². The van der Waals surface area contributed by atoms with Crippen LogP contribution in [0.15, 0.2) is 34.0 Å². The number of aromatic nitrogens is 2. The van der Waals surface area contributed by atoms with Gasteiger partial charge < -0.3 is 9.67 Å². The Kier molecular flexibility index (Phi) is 4.48. The van der Waals surface area contributed by atoms with Crippen LogP contribution in [0.4, 0.5) is 0 Å². The number of hydrogen-bond donors (Lipinski definition) is 1. The van der Waals surface area contributed by atoms with Gasteiger partial charge in [0.2, 0.25) is 0 Å². The van der Waals surface area contributed by atoms with Gasteiger partial charge in [-0.2, -0.15) is 0 Å². The van der Waals surface area contributed by atoms with Gasteiger partial charge >= 0.3 is 0 Å². The van der Waals surface area contributed by atoms with Gasteiger partial charge in [-0.15, -0.1) is 0 Å². The van der Waals surface area contributed by atoms with E-state index in [0.717, 1.165) is 21.1 Å². The first-order chi connectivity index (χ1) is 8.63. The Bertz CT molecular complexity index is 554. The molecule has 0 spiro atoms. The molecule has 3 nitrogen and oxygen atoms in total. The summed E-state index contributed by atoms with van der Waals surface area (Å²) < 4.78 is 3.06. The quantitative estimate of drug-likeness (QED) is 0.876. The minimum atomic E-state index is 0.0278. The molecule has 1 aromatic heterocycles. The molecular weight excluding hydrogens is 312 g/mol. The third-order valence-electron chi connectivity index (χ3n) is 2.94. The van der Waals surface area contributed by atoms with Crippen molar-refractivity contribution in [1.29, 1.82) is 0 Å². The van der Waals surface area contributed by atoms with Crippen LogP contribution in [-0.4, -0.2) is 14.7 Å². The van der Waals surface area contributed by atoms with Gasteiger partial charge in [0.25, 0.3) is 0 Å². The monoisotopic (exact) mass is 326 g/mol. The fourth-order valence-corrected chi connectivity index (χ4v) is 3.10. The molecular formula is C13H15BrN2OS. The van der Waals surface area contributed by atoms with Crippen molar-refractivity contribution in [2.45, 2.75) is 24.4 Å². The van der Waals surface area contributed by atoms with E-state index in [9.17, 15) is 0 Å². The zero-order valence-electron chi connectivity index (χ0n) is 10.4. The summed E-state index contributed by atoms with van der Waals surface area (Å²) >= 11 is 5.22. The largest absolute Gasteiger partial charge is 0.390 e. The fourth-order valence-electron chi connectivity index (χ4n) is 1.66. The first-order valence-electron chi connectivity index (χ1n) is 5.61. The predicted molar refractivity (Wildman–Crippen MR) is 77.6 cm³/mol. The summed E-state index contributed by atoms with van der Waals surface area (Å²) in [7, 11) is 1.93. The SMILES string of the molecule is Cc1c(Br)cccc1CSc1ncc(CO)n1C. The Morgan fingerprint density at radius 1 is 1.44 bits per heavy atom. The van der Waals surface area contributed by atoms with Crippen LogP contribution in [0, 0.1) is 6.92 Å². The van der Waals surface area contributed by atoms with Crippen molar-refractivity contribution in [3.8, 4) is 0 Å². The molecule has 1 heterocycles. The van der Waals surface area contributed by atoms with E-state index in [-0.39, 0.29) is 6.61 Å². The van der Waals surface area contributed by atoms with E-state index >= 15 is 0 Å². The van der Waals surface area contributed by atoms with Gasteiger partial charge in [-0.25, -0.2) is 4.98 Å². The average Bonchev–Trinajstić information content (AvgIpc) is 2.72. The van der Waals surface area contributed by atoms with E-state index in [1.807, 2.05) is 23.7 Å². The molecule has 1 N–H and O–H groups in total. The van der Waals surface area contributed by atoms with E-state index in [1.54, 1.807) is 18.0 Å². The third kappa shape index (κ3) is 2.79. The van der Waals surface area contributed by atoms with Crippen molar-refractivity contribution in [3.63, 3.8) is 0 Å². The molecule has 0 atom stereocenters. The highest BCUT2D eigenvalue weighted by molar-refractivity contribution is 9.10. The van der Waals surface area contributed by atoms with E-state index in [1.165, 1.54) is 11.1 Å². The first-order valence-corrected chi connectivity index (χ1v) is 7.39. The van der Waals surface area contributed by atoms with Gasteiger partial charge in [0.05, 0.1) is 18.5 Å². The number of hydrogen-bond acceptors (Lipinski definition) is 3. The first kappa shape index (κ1) is 13.6. The summed E-state index contributed by atoms with van der Waals surface area (Å²) in [4.78, 5) is 4.31. The molecule has 0 unspecified atom stereocenters. The second-order valence-electron chi connectivity index (χ2n) is 4.06. The lowest BCUT2D eigenvalue weighted by molar-refractivity contribution is 0.271. The molecule has 0 bridgehead atoms. The molecule has 0 aliphatic rings. The van der Waals surface area contributed by atoms with Crippen molar-refractivity contribution in [3.05, 3.63) is 45.7 Å². The lowest BCUT2D eigenvalue weighted by atomic mass is 10.1. The Balaban J connectivity index is 2.11. The Labute approximate surface area is 119 Å². The molecule has 96 valence electrons. The molecule has 2 rings (SSSR count). The summed E-state index contributed by atoms with van der Waals surface area (Å²) in [5.74, 6) is 0.876. The zero-order valence-corrected chi connectivity index (χ0v) is 12.8. The Hall–Kier alpha value is -0.780. The van der Waals surface area contributed by atoms with Crippen LogP contribution in [0.3, 0.4) is 0 Å². The van der Waals surface area contributed by atoms with Crippen LogP contribution in [0.5, 0.6) is 0 Å². The summed E-state index contributed by atoms with van der Waals surface area (Å²) in [6.45, 7) is 2.14. The molecule has 0 radical (unpaired) electrons. The smallest absolute Gasteiger partial charge is 0.168 e. The Morgan fingerprint density at radius 2 is 2.22 bits per heavy atom. The Morgan fingerprint density at radius 3 is 2.89 bits per heavy atom. The van der Waals surface area contributed by atoms with Gasteiger partial charge in [0.1, 0.15) is 0 Å². The number of aliphatic hydroxyl groups is 1. The standard InChI is InChI=1S/C13H15BrN2OS/c1-9-10(4-3-5-12(9)14)8-18-13-15-6-11(7-17)16(13)2/h3-6,17H,7-8H2,1-2H3. The molecule has 0 aliphatic heterocycles. The zero-order chi connectivity index (χ0) is 13.1. The summed E-state index contributed by atoms with van der Waals surface area (Å²) in [5, 5.41) is 10.1. The maximum atomic E-state index is 9.12. The highest BCUT2D eigenvalue weighted by Gasteiger charge is 2.08. The van der Waals surface area contributed by atoms with E-state index in [0.29, 0.717) is 0 Å². The van der Waals surface area contributed by atoms with Crippen LogP contribution >= 0.6 is 27.7 Å². The highest BCUT2D eigenvalue weighted by Crippen LogP contribution is 2.26. The fraction of sp³-hybridized carbons (Fsp3) is 0.308. The third-order valence-corrected chi connectivity index (χ3v) is 4.89. The maximum Gasteiger partial charge on any atom is 0.168 e. The summed E-state index contributed by atoms with van der Waals surface area (Å²) in [5.41, 5.74) is 3.40. The van der Waals surface area contributed by atoms with E-state index in [4.69, 9.17) is 5.11 Å². The van der Waals surface area contributed by atoms with Crippen LogP contribution in [-0.2, 0) is 19.4 Å². The van der Waals surface area contributed by atoms with Crippen LogP contribution in [0.2, 0.25) is 0 Å².